The molecule has 5 nitrogen and oxygen atoms in total. The number of amides is 1. The van der Waals surface area contributed by atoms with Crippen LogP contribution in [0.3, 0.4) is 0 Å². The first-order valence-corrected chi connectivity index (χ1v) is 9.87. The molecule has 1 aliphatic heterocycles. The van der Waals surface area contributed by atoms with E-state index in [1.54, 1.807) is 0 Å². The maximum Gasteiger partial charge on any atom is 0.241 e. The molecule has 0 spiro atoms. The van der Waals surface area contributed by atoms with Crippen molar-refractivity contribution in [3.8, 4) is 0 Å². The number of rotatable bonds is 4. The van der Waals surface area contributed by atoms with Gasteiger partial charge in [0.25, 0.3) is 0 Å². The van der Waals surface area contributed by atoms with Crippen molar-refractivity contribution in [2.24, 2.45) is 5.73 Å². The fourth-order valence-corrected chi connectivity index (χ4v) is 6.00. The van der Waals surface area contributed by atoms with Crippen molar-refractivity contribution < 1.29 is 13.9 Å². The number of nitrogens with one attached hydrogen (secondary N) is 1. The van der Waals surface area contributed by atoms with Crippen LogP contribution in [0.25, 0.3) is 0 Å². The average molecular weight is 358 g/mol. The van der Waals surface area contributed by atoms with Crippen LogP contribution in [0, 0.1) is 20.8 Å². The zero-order valence-electron chi connectivity index (χ0n) is 14.9. The molecule has 0 saturated carbocycles. The van der Waals surface area contributed by atoms with Crippen LogP contribution < -0.4 is 16.4 Å². The highest BCUT2D eigenvalue weighted by Gasteiger charge is 2.49. The Hall–Kier alpha value is -2.10. The molecule has 132 valence electrons. The van der Waals surface area contributed by atoms with E-state index in [1.165, 1.54) is 7.11 Å². The third-order valence-electron chi connectivity index (χ3n) is 4.95. The predicted molar refractivity (Wildman–Crippen MR) is 101 cm³/mol. The molecule has 0 aromatic heterocycles. The molecule has 2 aromatic rings. The molecule has 0 fully saturated rings. The third kappa shape index (κ3) is 2.88. The summed E-state index contributed by atoms with van der Waals surface area (Å²) in [5.41, 5.74) is 9.72. The van der Waals surface area contributed by atoms with Gasteiger partial charge >= 0.3 is 0 Å². The number of fused-ring (bicyclic) bond motifs is 1. The number of nitrogens with two attached hydrogens (primary N) is 1. The summed E-state index contributed by atoms with van der Waals surface area (Å²) in [5, 5.41) is 3.72. The number of aryl methyl sites for hydroxylation is 3. The van der Waals surface area contributed by atoms with E-state index < -0.39 is 25.0 Å². The highest BCUT2D eigenvalue weighted by atomic mass is 31.2. The largest absolute Gasteiger partial charge is 0.372 e. The summed E-state index contributed by atoms with van der Waals surface area (Å²) in [4.78, 5) is 12.1. The first-order chi connectivity index (χ1) is 11.8. The minimum Gasteiger partial charge on any atom is -0.372 e. The number of benzene rings is 2. The lowest BCUT2D eigenvalue weighted by Gasteiger charge is -2.27. The van der Waals surface area contributed by atoms with E-state index in [9.17, 15) is 9.36 Å². The SMILES string of the molecule is COP(=O)(c1ccc(C)c(C)c1)C1c2cc(C)ccc2NC1C(N)=O. The molecule has 0 saturated heterocycles. The Labute approximate surface area is 148 Å². The van der Waals surface area contributed by atoms with Crippen molar-refractivity contribution in [3.05, 3.63) is 58.7 Å². The summed E-state index contributed by atoms with van der Waals surface area (Å²) in [6.07, 6.45) is 0. The number of primary amides is 1. The normalized spacial score (nSPS) is 21.3. The smallest absolute Gasteiger partial charge is 0.241 e. The van der Waals surface area contributed by atoms with Gasteiger partial charge < -0.3 is 15.6 Å². The van der Waals surface area contributed by atoms with E-state index in [2.05, 4.69) is 5.32 Å². The predicted octanol–water partition coefficient (Wildman–Crippen LogP) is 3.18. The minimum atomic E-state index is -3.37. The molecule has 6 heteroatoms. The van der Waals surface area contributed by atoms with Gasteiger partial charge in [-0.1, -0.05) is 23.8 Å². The molecule has 0 radical (unpaired) electrons. The lowest BCUT2D eigenvalue weighted by atomic mass is 10.1. The van der Waals surface area contributed by atoms with E-state index in [4.69, 9.17) is 10.3 Å². The fraction of sp³-hybridized carbons (Fsp3) is 0.316. The summed E-state index contributed by atoms with van der Waals surface area (Å²) in [6, 6.07) is 10.6. The van der Waals surface area contributed by atoms with Crippen molar-refractivity contribution in [3.63, 3.8) is 0 Å². The van der Waals surface area contributed by atoms with E-state index in [1.807, 2.05) is 57.2 Å². The summed E-state index contributed by atoms with van der Waals surface area (Å²) >= 11 is 0. The van der Waals surface area contributed by atoms with Crippen molar-refractivity contribution >= 4 is 24.3 Å². The van der Waals surface area contributed by atoms with Gasteiger partial charge in [0.2, 0.25) is 13.3 Å². The van der Waals surface area contributed by atoms with Crippen LogP contribution in [-0.2, 0) is 13.9 Å². The topological polar surface area (TPSA) is 81.4 Å². The Morgan fingerprint density at radius 2 is 1.84 bits per heavy atom. The lowest BCUT2D eigenvalue weighted by molar-refractivity contribution is -0.118. The molecule has 0 aliphatic carbocycles. The van der Waals surface area contributed by atoms with Crippen LogP contribution in [0.5, 0.6) is 0 Å². The molecule has 0 bridgehead atoms. The standard InChI is InChI=1S/C19H23N2O3P/c1-11-5-8-16-15(9-11)18(17(21-16)19(20)22)25(23,24-4)14-7-6-12(2)13(3)10-14/h5-10,17-18,21H,1-4H3,(H2,20,22). The Balaban J connectivity index is 2.21. The van der Waals surface area contributed by atoms with Crippen LogP contribution in [0.1, 0.15) is 27.9 Å². The first kappa shape index (κ1) is 17.7. The van der Waals surface area contributed by atoms with Gasteiger partial charge in [0.15, 0.2) is 0 Å². The Morgan fingerprint density at radius 1 is 1.12 bits per heavy atom. The second-order valence-electron chi connectivity index (χ2n) is 6.61. The van der Waals surface area contributed by atoms with Crippen LogP contribution >= 0.6 is 7.37 Å². The van der Waals surface area contributed by atoms with Crippen molar-refractivity contribution in [1.29, 1.82) is 0 Å². The minimum absolute atomic E-state index is 0.542. The zero-order chi connectivity index (χ0) is 18.4. The zero-order valence-corrected chi connectivity index (χ0v) is 15.8. The highest BCUT2D eigenvalue weighted by Crippen LogP contribution is 2.63. The van der Waals surface area contributed by atoms with Crippen molar-refractivity contribution in [2.45, 2.75) is 32.5 Å². The van der Waals surface area contributed by atoms with Gasteiger partial charge in [0, 0.05) is 18.1 Å². The van der Waals surface area contributed by atoms with E-state index >= 15 is 0 Å². The number of anilines is 1. The number of hydrogen-bond donors (Lipinski definition) is 2. The average Bonchev–Trinajstić information content (AvgIpc) is 2.96. The summed E-state index contributed by atoms with van der Waals surface area (Å²) in [5.74, 6) is -0.542. The Morgan fingerprint density at radius 3 is 2.44 bits per heavy atom. The van der Waals surface area contributed by atoms with Gasteiger partial charge in [-0.2, -0.15) is 0 Å². The monoisotopic (exact) mass is 358 g/mol. The Kier molecular flexibility index (Phi) is 4.48. The molecular weight excluding hydrogens is 335 g/mol. The van der Waals surface area contributed by atoms with Gasteiger partial charge in [-0.15, -0.1) is 0 Å². The molecule has 3 N–H and O–H groups in total. The summed E-state index contributed by atoms with van der Waals surface area (Å²) < 4.78 is 19.6. The quantitative estimate of drug-likeness (QED) is 0.823. The molecular formula is C19H23N2O3P. The van der Waals surface area contributed by atoms with Gasteiger partial charge in [0.05, 0.1) is 5.66 Å². The molecule has 3 atom stereocenters. The van der Waals surface area contributed by atoms with Crippen LogP contribution in [-0.4, -0.2) is 19.1 Å². The molecule has 3 unspecified atom stereocenters. The van der Waals surface area contributed by atoms with Gasteiger partial charge in [-0.3, -0.25) is 9.36 Å². The number of hydrogen-bond acceptors (Lipinski definition) is 4. The van der Waals surface area contributed by atoms with Gasteiger partial charge in [-0.25, -0.2) is 0 Å². The van der Waals surface area contributed by atoms with Crippen LogP contribution in [0.2, 0.25) is 0 Å². The first-order valence-electron chi connectivity index (χ1n) is 8.17. The second-order valence-corrected chi connectivity index (χ2v) is 9.24. The molecule has 2 aromatic carbocycles. The van der Waals surface area contributed by atoms with Gasteiger partial charge in [0.1, 0.15) is 6.04 Å². The number of carbonyl (C=O) groups is 1. The molecule has 1 amide bonds. The summed E-state index contributed by atoms with van der Waals surface area (Å²) in [7, 11) is -1.94. The highest BCUT2D eigenvalue weighted by molar-refractivity contribution is 7.67. The van der Waals surface area contributed by atoms with E-state index in [-0.39, 0.29) is 0 Å². The van der Waals surface area contributed by atoms with Crippen LogP contribution in [0.15, 0.2) is 36.4 Å². The molecule has 1 heterocycles. The van der Waals surface area contributed by atoms with Crippen molar-refractivity contribution in [2.75, 3.05) is 12.4 Å². The molecule has 1 aliphatic rings. The number of carbonyl (C=O) groups excluding carboxylic acids is 1. The van der Waals surface area contributed by atoms with E-state index in [0.29, 0.717) is 5.30 Å². The fourth-order valence-electron chi connectivity index (χ4n) is 3.39. The lowest BCUT2D eigenvalue weighted by Crippen LogP contribution is -2.37. The maximum atomic E-state index is 14.0. The maximum absolute atomic E-state index is 14.0. The molecule has 25 heavy (non-hydrogen) atoms. The van der Waals surface area contributed by atoms with E-state index in [0.717, 1.165) is 27.9 Å². The second kappa shape index (κ2) is 6.32. The van der Waals surface area contributed by atoms with Crippen molar-refractivity contribution in [1.82, 2.24) is 0 Å². The van der Waals surface area contributed by atoms with Crippen LogP contribution in [0.4, 0.5) is 5.69 Å². The molecule has 3 rings (SSSR count). The summed E-state index contributed by atoms with van der Waals surface area (Å²) in [6.45, 7) is 5.93. The van der Waals surface area contributed by atoms with Gasteiger partial charge in [-0.05, 0) is 55.7 Å². The Bertz CT molecular complexity index is 894. The third-order valence-corrected chi connectivity index (χ3v) is 7.80.